The van der Waals surface area contributed by atoms with Gasteiger partial charge in [-0.15, -0.1) is 10.2 Å². The topological polar surface area (TPSA) is 93.4 Å². The van der Waals surface area contributed by atoms with E-state index in [0.717, 1.165) is 49.2 Å². The predicted molar refractivity (Wildman–Crippen MR) is 109 cm³/mol. The standard InChI is InChI=1S/C20H18N6O2S/c27-15-11-18(28)29-16(15)10-14-6-7-21-20(22-14)25-8-3-4-13(12-25)19-24-23-17-5-1-2-9-26(17)19/h1-2,5-7,9-10,13H,3-4,8,11-12H2/b16-10-. The van der Waals surface area contributed by atoms with Crippen LogP contribution in [0.5, 0.6) is 0 Å². The fraction of sp³-hybridized carbons (Fsp3) is 0.300. The van der Waals surface area contributed by atoms with E-state index in [0.29, 0.717) is 16.5 Å². The maximum absolute atomic E-state index is 11.9. The number of rotatable bonds is 3. The Balaban J connectivity index is 1.39. The van der Waals surface area contributed by atoms with Gasteiger partial charge < -0.3 is 4.90 Å². The second-order valence-electron chi connectivity index (χ2n) is 7.14. The molecule has 2 saturated heterocycles. The summed E-state index contributed by atoms with van der Waals surface area (Å²) in [6.07, 6.45) is 7.36. The van der Waals surface area contributed by atoms with Crippen LogP contribution in [0, 0.1) is 0 Å². The molecule has 1 unspecified atom stereocenters. The molecule has 3 aromatic rings. The number of carbonyl (C=O) groups excluding carboxylic acids is 2. The molecular formula is C20H18N6O2S. The van der Waals surface area contributed by atoms with Crippen molar-refractivity contribution in [1.29, 1.82) is 0 Å². The van der Waals surface area contributed by atoms with Crippen molar-refractivity contribution in [1.82, 2.24) is 24.6 Å². The average Bonchev–Trinajstić information content (AvgIpc) is 3.31. The van der Waals surface area contributed by atoms with Crippen molar-refractivity contribution in [3.8, 4) is 0 Å². The molecule has 8 nitrogen and oxygen atoms in total. The summed E-state index contributed by atoms with van der Waals surface area (Å²) < 4.78 is 2.04. The Hall–Kier alpha value is -3.07. The molecular weight excluding hydrogens is 388 g/mol. The predicted octanol–water partition coefficient (Wildman–Crippen LogP) is 2.48. The van der Waals surface area contributed by atoms with Crippen molar-refractivity contribution >= 4 is 40.3 Å². The van der Waals surface area contributed by atoms with Gasteiger partial charge in [-0.3, -0.25) is 14.0 Å². The Morgan fingerprint density at radius 2 is 2.10 bits per heavy atom. The van der Waals surface area contributed by atoms with Gasteiger partial charge in [0.25, 0.3) is 0 Å². The Morgan fingerprint density at radius 1 is 1.17 bits per heavy atom. The zero-order chi connectivity index (χ0) is 19.8. The zero-order valence-electron chi connectivity index (χ0n) is 15.6. The van der Waals surface area contributed by atoms with Gasteiger partial charge >= 0.3 is 0 Å². The summed E-state index contributed by atoms with van der Waals surface area (Å²) in [6, 6.07) is 7.63. The first-order valence-electron chi connectivity index (χ1n) is 9.50. The normalized spacial score (nSPS) is 21.4. The van der Waals surface area contributed by atoms with Gasteiger partial charge in [0.15, 0.2) is 11.4 Å². The third kappa shape index (κ3) is 3.53. The minimum Gasteiger partial charge on any atom is -0.340 e. The van der Waals surface area contributed by atoms with E-state index in [1.54, 1.807) is 18.3 Å². The summed E-state index contributed by atoms with van der Waals surface area (Å²) in [4.78, 5) is 35.0. The molecule has 3 aromatic heterocycles. The highest BCUT2D eigenvalue weighted by atomic mass is 32.2. The van der Waals surface area contributed by atoms with Gasteiger partial charge in [-0.1, -0.05) is 6.07 Å². The summed E-state index contributed by atoms with van der Waals surface area (Å²) in [5, 5.41) is 8.57. The van der Waals surface area contributed by atoms with Crippen LogP contribution in [0.4, 0.5) is 5.95 Å². The second kappa shape index (κ2) is 7.40. The lowest BCUT2D eigenvalue weighted by molar-refractivity contribution is -0.119. The summed E-state index contributed by atoms with van der Waals surface area (Å²) in [7, 11) is 0. The minimum absolute atomic E-state index is 0.0332. The van der Waals surface area contributed by atoms with Gasteiger partial charge in [0, 0.05) is 31.4 Å². The molecule has 1 atom stereocenters. The summed E-state index contributed by atoms with van der Waals surface area (Å²) in [5.74, 6) is 1.67. The van der Waals surface area contributed by atoms with Crippen LogP contribution >= 0.6 is 11.8 Å². The van der Waals surface area contributed by atoms with E-state index in [4.69, 9.17) is 0 Å². The first kappa shape index (κ1) is 18.0. The van der Waals surface area contributed by atoms with E-state index < -0.39 is 0 Å². The van der Waals surface area contributed by atoms with E-state index in [9.17, 15) is 9.59 Å². The highest BCUT2D eigenvalue weighted by Crippen LogP contribution is 2.31. The smallest absolute Gasteiger partial charge is 0.225 e. The number of Topliss-reactive ketones (excluding diaryl/α,β-unsaturated/α-hetero) is 1. The Labute approximate surface area is 171 Å². The van der Waals surface area contributed by atoms with Crippen molar-refractivity contribution in [2.75, 3.05) is 18.0 Å². The molecule has 9 heteroatoms. The maximum atomic E-state index is 11.9. The van der Waals surface area contributed by atoms with Gasteiger partial charge in [0.05, 0.1) is 17.0 Å². The van der Waals surface area contributed by atoms with E-state index in [2.05, 4.69) is 25.1 Å². The molecule has 0 N–H and O–H groups in total. The van der Waals surface area contributed by atoms with Crippen molar-refractivity contribution in [2.45, 2.75) is 25.2 Å². The average molecular weight is 406 g/mol. The number of thioether (sulfide) groups is 1. The highest BCUT2D eigenvalue weighted by molar-refractivity contribution is 8.18. The van der Waals surface area contributed by atoms with Crippen LogP contribution in [0.2, 0.25) is 0 Å². The van der Waals surface area contributed by atoms with Gasteiger partial charge in [0.1, 0.15) is 5.82 Å². The Bertz CT molecular complexity index is 1140. The van der Waals surface area contributed by atoms with Gasteiger partial charge in [-0.25, -0.2) is 9.97 Å². The van der Waals surface area contributed by atoms with E-state index in [1.807, 2.05) is 28.8 Å². The third-order valence-electron chi connectivity index (χ3n) is 5.16. The van der Waals surface area contributed by atoms with Gasteiger partial charge in [0.2, 0.25) is 11.1 Å². The summed E-state index contributed by atoms with van der Waals surface area (Å²) in [6.45, 7) is 1.61. The van der Waals surface area contributed by atoms with Gasteiger partial charge in [-0.05, 0) is 48.9 Å². The number of nitrogens with zero attached hydrogens (tertiary/aromatic N) is 6. The lowest BCUT2D eigenvalue weighted by atomic mass is 9.97. The first-order chi connectivity index (χ1) is 14.2. The molecule has 0 bridgehead atoms. The number of hydrogen-bond donors (Lipinski definition) is 0. The number of piperidine rings is 1. The van der Waals surface area contributed by atoms with E-state index in [1.165, 1.54) is 0 Å². The van der Waals surface area contributed by atoms with Crippen molar-refractivity contribution in [3.05, 3.63) is 53.1 Å². The summed E-state index contributed by atoms with van der Waals surface area (Å²) in [5.41, 5.74) is 1.48. The quantitative estimate of drug-likeness (QED) is 0.484. The number of aromatic nitrogens is 5. The molecule has 2 aliphatic heterocycles. The number of allylic oxidation sites excluding steroid dienone is 1. The van der Waals surface area contributed by atoms with E-state index in [-0.39, 0.29) is 23.2 Å². The van der Waals surface area contributed by atoms with Crippen molar-refractivity contribution in [2.24, 2.45) is 0 Å². The van der Waals surface area contributed by atoms with Crippen LogP contribution in [0.15, 0.2) is 41.6 Å². The molecule has 0 saturated carbocycles. The molecule has 5 rings (SSSR count). The summed E-state index contributed by atoms with van der Waals surface area (Å²) >= 11 is 0.990. The number of anilines is 1. The Morgan fingerprint density at radius 3 is 2.97 bits per heavy atom. The van der Waals surface area contributed by atoms with Crippen LogP contribution in [0.25, 0.3) is 11.7 Å². The van der Waals surface area contributed by atoms with E-state index >= 15 is 0 Å². The highest BCUT2D eigenvalue weighted by Gasteiger charge is 2.28. The van der Waals surface area contributed by atoms with Crippen LogP contribution < -0.4 is 4.90 Å². The molecule has 146 valence electrons. The number of hydrogen-bond acceptors (Lipinski definition) is 8. The number of ketones is 1. The molecule has 0 spiro atoms. The van der Waals surface area contributed by atoms with Crippen molar-refractivity contribution in [3.63, 3.8) is 0 Å². The molecule has 2 aliphatic rings. The third-order valence-corrected chi connectivity index (χ3v) is 6.09. The molecule has 5 heterocycles. The Kier molecular flexibility index (Phi) is 4.59. The molecule has 29 heavy (non-hydrogen) atoms. The SMILES string of the molecule is O=C1CC(=O)/C(=C/c2ccnc(N3CCCC(c4nnc5ccccn45)C3)n2)S1. The molecule has 0 amide bonds. The van der Waals surface area contributed by atoms with Crippen molar-refractivity contribution < 1.29 is 9.59 Å². The fourth-order valence-electron chi connectivity index (χ4n) is 3.78. The monoisotopic (exact) mass is 406 g/mol. The molecule has 2 fully saturated rings. The lowest BCUT2D eigenvalue weighted by Crippen LogP contribution is -2.36. The van der Waals surface area contributed by atoms with Crippen LogP contribution in [0.3, 0.4) is 0 Å². The van der Waals surface area contributed by atoms with Crippen LogP contribution in [-0.2, 0) is 9.59 Å². The first-order valence-corrected chi connectivity index (χ1v) is 10.3. The zero-order valence-corrected chi connectivity index (χ0v) is 16.4. The molecule has 0 radical (unpaired) electrons. The van der Waals surface area contributed by atoms with Crippen LogP contribution in [0.1, 0.15) is 36.7 Å². The maximum Gasteiger partial charge on any atom is 0.225 e. The number of pyridine rings is 1. The fourth-order valence-corrected chi connectivity index (χ4v) is 4.59. The second-order valence-corrected chi connectivity index (χ2v) is 8.24. The molecule has 0 aromatic carbocycles. The van der Waals surface area contributed by atoms with Crippen LogP contribution in [-0.4, -0.2) is 48.6 Å². The minimum atomic E-state index is -0.142. The largest absolute Gasteiger partial charge is 0.340 e. The van der Waals surface area contributed by atoms with Gasteiger partial charge in [-0.2, -0.15) is 0 Å². The number of fused-ring (bicyclic) bond motifs is 1. The lowest BCUT2D eigenvalue weighted by Gasteiger charge is -2.32. The molecule has 0 aliphatic carbocycles. The number of carbonyl (C=O) groups is 2.